The van der Waals surface area contributed by atoms with E-state index in [1.807, 2.05) is 30.3 Å². The van der Waals surface area contributed by atoms with E-state index in [0.29, 0.717) is 41.7 Å². The monoisotopic (exact) mass is 450 g/mol. The smallest absolute Gasteiger partial charge is 0.323 e. The first kappa shape index (κ1) is 22.6. The van der Waals surface area contributed by atoms with Crippen molar-refractivity contribution >= 4 is 35.1 Å². The van der Waals surface area contributed by atoms with E-state index in [1.165, 1.54) is 4.90 Å². The van der Waals surface area contributed by atoms with Crippen LogP contribution in [-0.2, 0) is 16.0 Å². The summed E-state index contributed by atoms with van der Waals surface area (Å²) < 4.78 is 0. The van der Waals surface area contributed by atoms with Crippen molar-refractivity contribution in [3.8, 4) is 0 Å². The van der Waals surface area contributed by atoms with Gasteiger partial charge in [-0.1, -0.05) is 59.6 Å². The highest BCUT2D eigenvalue weighted by molar-refractivity contribution is 6.42. The van der Waals surface area contributed by atoms with E-state index in [0.717, 1.165) is 5.56 Å². The molecule has 0 aliphatic carbocycles. The van der Waals surface area contributed by atoms with Crippen molar-refractivity contribution < 1.29 is 19.8 Å². The number of aliphatic hydroxyl groups excluding tert-OH is 1. The molecular formula is C22H24Cl2N2O4. The van der Waals surface area contributed by atoms with Crippen LogP contribution in [0, 0.1) is 0 Å². The summed E-state index contributed by atoms with van der Waals surface area (Å²) in [5, 5.41) is 20.1. The molecule has 8 heteroatoms. The Bertz CT molecular complexity index is 894. The summed E-state index contributed by atoms with van der Waals surface area (Å²) in [6.45, 7) is 1.23. The molecule has 30 heavy (non-hydrogen) atoms. The number of carboxylic acid groups (broad SMARTS) is 1. The van der Waals surface area contributed by atoms with Crippen molar-refractivity contribution in [2.45, 2.75) is 25.0 Å². The molecule has 1 heterocycles. The molecule has 2 aromatic carbocycles. The fourth-order valence-corrected chi connectivity index (χ4v) is 4.05. The second-order valence-corrected chi connectivity index (χ2v) is 8.28. The zero-order chi connectivity index (χ0) is 21.7. The Balaban J connectivity index is 1.88. The number of nitrogens with zero attached hydrogens (tertiary/aromatic N) is 2. The second-order valence-electron chi connectivity index (χ2n) is 7.47. The van der Waals surface area contributed by atoms with Gasteiger partial charge in [0, 0.05) is 19.6 Å². The third-order valence-electron chi connectivity index (χ3n) is 5.20. The quantitative estimate of drug-likeness (QED) is 0.644. The van der Waals surface area contributed by atoms with Crippen molar-refractivity contribution in [3.63, 3.8) is 0 Å². The number of carbonyl (C=O) groups is 2. The maximum absolute atomic E-state index is 13.2. The van der Waals surface area contributed by atoms with Crippen LogP contribution in [0.1, 0.15) is 23.6 Å². The van der Waals surface area contributed by atoms with Crippen molar-refractivity contribution in [3.05, 3.63) is 69.7 Å². The van der Waals surface area contributed by atoms with E-state index in [-0.39, 0.29) is 12.3 Å². The molecule has 1 amide bonds. The van der Waals surface area contributed by atoms with E-state index < -0.39 is 24.7 Å². The number of benzene rings is 2. The lowest BCUT2D eigenvalue weighted by Crippen LogP contribution is -2.44. The van der Waals surface area contributed by atoms with Gasteiger partial charge in [-0.05, 0) is 29.7 Å². The zero-order valence-corrected chi connectivity index (χ0v) is 17.9. The average molecular weight is 451 g/mol. The number of rotatable bonds is 8. The number of carboxylic acids is 1. The number of aliphatic carboxylic acids is 1. The molecule has 1 fully saturated rings. The van der Waals surface area contributed by atoms with Crippen LogP contribution in [0.2, 0.25) is 10.0 Å². The number of β-amino-alcohol motifs (C(OH)–C–C–N with tert-alkyl or cyclic N) is 1. The minimum absolute atomic E-state index is 0.0100. The van der Waals surface area contributed by atoms with Crippen LogP contribution < -0.4 is 0 Å². The van der Waals surface area contributed by atoms with Gasteiger partial charge in [-0.25, -0.2) is 0 Å². The van der Waals surface area contributed by atoms with Crippen LogP contribution in [0.5, 0.6) is 0 Å². The number of hydrogen-bond donors (Lipinski definition) is 2. The van der Waals surface area contributed by atoms with Crippen LogP contribution >= 0.6 is 23.2 Å². The molecule has 2 atom stereocenters. The Morgan fingerprint density at radius 3 is 2.47 bits per heavy atom. The first-order valence-corrected chi connectivity index (χ1v) is 10.5. The average Bonchev–Trinajstić information content (AvgIpc) is 3.12. The lowest BCUT2D eigenvalue weighted by atomic mass is 10.0. The molecule has 6 nitrogen and oxygen atoms in total. The second kappa shape index (κ2) is 10.3. The predicted molar refractivity (Wildman–Crippen MR) is 116 cm³/mol. The Hall–Kier alpha value is -2.12. The molecular weight excluding hydrogens is 427 g/mol. The number of likely N-dealkylation sites (tertiary alicyclic amines) is 1. The van der Waals surface area contributed by atoms with Gasteiger partial charge in [-0.2, -0.15) is 0 Å². The molecule has 2 unspecified atom stereocenters. The minimum atomic E-state index is -1.08. The lowest BCUT2D eigenvalue weighted by Gasteiger charge is -2.34. The maximum atomic E-state index is 13.2. The molecule has 1 aliphatic heterocycles. The third-order valence-corrected chi connectivity index (χ3v) is 5.94. The van der Waals surface area contributed by atoms with Gasteiger partial charge in [0.15, 0.2) is 0 Å². The van der Waals surface area contributed by atoms with E-state index in [2.05, 4.69) is 4.90 Å². The summed E-state index contributed by atoms with van der Waals surface area (Å²) in [5.74, 6) is -1.40. The summed E-state index contributed by atoms with van der Waals surface area (Å²) in [4.78, 5) is 28.3. The zero-order valence-electron chi connectivity index (χ0n) is 16.4. The van der Waals surface area contributed by atoms with E-state index in [4.69, 9.17) is 23.2 Å². The van der Waals surface area contributed by atoms with Crippen LogP contribution in [-0.4, -0.2) is 64.2 Å². The van der Waals surface area contributed by atoms with Gasteiger partial charge in [-0.15, -0.1) is 0 Å². The molecule has 0 saturated carbocycles. The number of amides is 1. The van der Waals surface area contributed by atoms with Crippen LogP contribution in [0.15, 0.2) is 48.5 Å². The Kier molecular flexibility index (Phi) is 7.72. The molecule has 2 aromatic rings. The molecule has 1 saturated heterocycles. The lowest BCUT2D eigenvalue weighted by molar-refractivity contribution is -0.146. The molecule has 3 rings (SSSR count). The topological polar surface area (TPSA) is 81.1 Å². The van der Waals surface area contributed by atoms with E-state index >= 15 is 0 Å². The molecule has 0 aromatic heterocycles. The molecule has 2 N–H and O–H groups in total. The standard InChI is InChI=1S/C22H24Cl2N2O4/c23-18-7-6-15(10-19(18)24)11-21(28)26(14-22(29)30)20(16-4-2-1-3-5-16)13-25-9-8-17(27)12-25/h1-7,10,17,20,27H,8-9,11-14H2,(H,29,30). The molecule has 160 valence electrons. The molecule has 0 bridgehead atoms. The van der Waals surface area contributed by atoms with Gasteiger partial charge in [0.2, 0.25) is 5.91 Å². The van der Waals surface area contributed by atoms with Crippen molar-refractivity contribution in [2.24, 2.45) is 0 Å². The molecule has 0 radical (unpaired) electrons. The summed E-state index contributed by atoms with van der Waals surface area (Å²) in [7, 11) is 0. The molecule has 1 aliphatic rings. The number of aliphatic hydroxyl groups is 1. The SMILES string of the molecule is O=C(O)CN(C(=O)Cc1ccc(Cl)c(Cl)c1)C(CN1CCC(O)C1)c1ccccc1. The first-order chi connectivity index (χ1) is 14.3. The normalized spacial score (nSPS) is 17.6. The third kappa shape index (κ3) is 5.95. The van der Waals surface area contributed by atoms with Gasteiger partial charge >= 0.3 is 5.97 Å². The first-order valence-electron chi connectivity index (χ1n) is 9.74. The highest BCUT2D eigenvalue weighted by Crippen LogP contribution is 2.27. The van der Waals surface area contributed by atoms with Crippen LogP contribution in [0.25, 0.3) is 0 Å². The summed E-state index contributed by atoms with van der Waals surface area (Å²) in [6, 6.07) is 13.9. The van der Waals surface area contributed by atoms with Gasteiger partial charge in [0.25, 0.3) is 0 Å². The highest BCUT2D eigenvalue weighted by Gasteiger charge is 2.31. The number of carbonyl (C=O) groups excluding carboxylic acids is 1. The van der Waals surface area contributed by atoms with Crippen molar-refractivity contribution in [1.29, 1.82) is 0 Å². The predicted octanol–water partition coefficient (Wildman–Crippen LogP) is 3.26. The van der Waals surface area contributed by atoms with Crippen LogP contribution in [0.4, 0.5) is 0 Å². The largest absolute Gasteiger partial charge is 0.480 e. The maximum Gasteiger partial charge on any atom is 0.323 e. The van der Waals surface area contributed by atoms with Gasteiger partial charge in [-0.3, -0.25) is 14.5 Å². The van der Waals surface area contributed by atoms with Crippen molar-refractivity contribution in [1.82, 2.24) is 9.80 Å². The minimum Gasteiger partial charge on any atom is -0.480 e. The number of hydrogen-bond acceptors (Lipinski definition) is 4. The van der Waals surface area contributed by atoms with Crippen molar-refractivity contribution in [2.75, 3.05) is 26.2 Å². The summed E-state index contributed by atoms with van der Waals surface area (Å²) in [6.07, 6.45) is 0.273. The van der Waals surface area contributed by atoms with Gasteiger partial charge in [0.1, 0.15) is 6.54 Å². The van der Waals surface area contributed by atoms with Gasteiger partial charge in [0.05, 0.1) is 28.6 Å². The highest BCUT2D eigenvalue weighted by atomic mass is 35.5. The Morgan fingerprint density at radius 2 is 1.87 bits per heavy atom. The fraction of sp³-hybridized carbons (Fsp3) is 0.364. The Morgan fingerprint density at radius 1 is 1.13 bits per heavy atom. The van der Waals surface area contributed by atoms with Gasteiger partial charge < -0.3 is 15.1 Å². The Labute approximate surface area is 185 Å². The number of halogens is 2. The van der Waals surface area contributed by atoms with Crippen LogP contribution in [0.3, 0.4) is 0 Å². The van der Waals surface area contributed by atoms with E-state index in [9.17, 15) is 19.8 Å². The molecule has 0 spiro atoms. The van der Waals surface area contributed by atoms with E-state index in [1.54, 1.807) is 18.2 Å². The summed E-state index contributed by atoms with van der Waals surface area (Å²) >= 11 is 12.0. The fourth-order valence-electron chi connectivity index (χ4n) is 3.73. The summed E-state index contributed by atoms with van der Waals surface area (Å²) in [5.41, 5.74) is 1.51.